The molecular weight excluding hydrogens is 154 g/mol. The largest absolute Gasteiger partial charge is 0.469 e. The van der Waals surface area contributed by atoms with Gasteiger partial charge in [-0.1, -0.05) is 0 Å². The van der Waals surface area contributed by atoms with Crippen molar-refractivity contribution in [3.05, 3.63) is 0 Å². The van der Waals surface area contributed by atoms with Gasteiger partial charge in [0.25, 0.3) is 0 Å². The predicted molar refractivity (Wildman–Crippen MR) is 44.3 cm³/mol. The lowest BCUT2D eigenvalue weighted by Crippen LogP contribution is -2.29. The summed E-state index contributed by atoms with van der Waals surface area (Å²) in [4.78, 5) is 11.4. The van der Waals surface area contributed by atoms with Gasteiger partial charge in [-0.15, -0.1) is 0 Å². The van der Waals surface area contributed by atoms with Gasteiger partial charge in [0.15, 0.2) is 0 Å². The SMILES string of the molecule is COC(=O)[C@@]1(CN)C[C@@H]1C1CC1. The summed E-state index contributed by atoms with van der Waals surface area (Å²) in [6.07, 6.45) is 3.52. The Hall–Kier alpha value is -0.570. The van der Waals surface area contributed by atoms with Crippen LogP contribution in [0.1, 0.15) is 19.3 Å². The fourth-order valence-electron chi connectivity index (χ4n) is 2.21. The molecule has 0 spiro atoms. The average Bonchev–Trinajstić information content (AvgIpc) is 2.94. The van der Waals surface area contributed by atoms with Crippen LogP contribution in [-0.2, 0) is 9.53 Å². The number of hydrogen-bond acceptors (Lipinski definition) is 3. The summed E-state index contributed by atoms with van der Waals surface area (Å²) in [7, 11) is 1.45. The summed E-state index contributed by atoms with van der Waals surface area (Å²) in [6.45, 7) is 0.459. The van der Waals surface area contributed by atoms with Crippen LogP contribution in [0.5, 0.6) is 0 Å². The predicted octanol–water partition coefficient (Wildman–Crippen LogP) is 0.534. The number of hydrogen-bond donors (Lipinski definition) is 1. The molecule has 68 valence electrons. The zero-order chi connectivity index (χ0) is 8.77. The van der Waals surface area contributed by atoms with E-state index in [4.69, 9.17) is 10.5 Å². The highest BCUT2D eigenvalue weighted by Gasteiger charge is 2.64. The summed E-state index contributed by atoms with van der Waals surface area (Å²) >= 11 is 0. The van der Waals surface area contributed by atoms with Crippen molar-refractivity contribution in [1.82, 2.24) is 0 Å². The number of carbonyl (C=O) groups excluding carboxylic acids is 1. The van der Waals surface area contributed by atoms with E-state index in [1.807, 2.05) is 0 Å². The maximum atomic E-state index is 11.4. The molecule has 2 N–H and O–H groups in total. The van der Waals surface area contributed by atoms with Crippen molar-refractivity contribution in [2.24, 2.45) is 23.0 Å². The number of ether oxygens (including phenoxy) is 1. The molecule has 0 radical (unpaired) electrons. The first-order valence-corrected chi connectivity index (χ1v) is 4.53. The molecular formula is C9H15NO2. The molecule has 3 heteroatoms. The van der Waals surface area contributed by atoms with Crippen LogP contribution in [0, 0.1) is 17.3 Å². The Bertz CT molecular complexity index is 213. The van der Waals surface area contributed by atoms with Gasteiger partial charge in [-0.05, 0) is 31.1 Å². The van der Waals surface area contributed by atoms with Crippen LogP contribution < -0.4 is 5.73 Å². The van der Waals surface area contributed by atoms with Crippen molar-refractivity contribution in [2.45, 2.75) is 19.3 Å². The summed E-state index contributed by atoms with van der Waals surface area (Å²) in [5, 5.41) is 0. The second-order valence-corrected chi connectivity index (χ2v) is 4.00. The van der Waals surface area contributed by atoms with Crippen LogP contribution in [0.15, 0.2) is 0 Å². The molecule has 2 rings (SSSR count). The van der Waals surface area contributed by atoms with Gasteiger partial charge in [0.2, 0.25) is 0 Å². The molecule has 0 bridgehead atoms. The fraction of sp³-hybridized carbons (Fsp3) is 0.889. The lowest BCUT2D eigenvalue weighted by atomic mass is 10.0. The lowest BCUT2D eigenvalue weighted by Gasteiger charge is -2.11. The van der Waals surface area contributed by atoms with Gasteiger partial charge >= 0.3 is 5.97 Å². The molecule has 3 nitrogen and oxygen atoms in total. The van der Waals surface area contributed by atoms with Crippen molar-refractivity contribution in [3.63, 3.8) is 0 Å². The Morgan fingerprint density at radius 3 is 2.75 bits per heavy atom. The third kappa shape index (κ3) is 0.959. The summed E-state index contributed by atoms with van der Waals surface area (Å²) in [5.41, 5.74) is 5.32. The zero-order valence-electron chi connectivity index (χ0n) is 7.38. The molecule has 2 saturated carbocycles. The van der Waals surface area contributed by atoms with E-state index in [0.717, 1.165) is 12.3 Å². The van der Waals surface area contributed by atoms with Crippen molar-refractivity contribution in [1.29, 1.82) is 0 Å². The minimum atomic E-state index is -0.282. The van der Waals surface area contributed by atoms with E-state index < -0.39 is 0 Å². The molecule has 0 aromatic heterocycles. The Balaban J connectivity index is 2.03. The Kier molecular flexibility index (Phi) is 1.65. The third-order valence-corrected chi connectivity index (χ3v) is 3.28. The molecule has 2 aliphatic rings. The van der Waals surface area contributed by atoms with E-state index in [2.05, 4.69) is 0 Å². The summed E-state index contributed by atoms with van der Waals surface area (Å²) < 4.78 is 4.76. The lowest BCUT2D eigenvalue weighted by molar-refractivity contribution is -0.147. The second kappa shape index (κ2) is 2.46. The zero-order valence-corrected chi connectivity index (χ0v) is 7.38. The monoisotopic (exact) mass is 169 g/mol. The van der Waals surface area contributed by atoms with Gasteiger partial charge in [0.1, 0.15) is 0 Å². The highest BCUT2D eigenvalue weighted by atomic mass is 16.5. The highest BCUT2D eigenvalue weighted by molar-refractivity contribution is 5.81. The smallest absolute Gasteiger partial charge is 0.313 e. The van der Waals surface area contributed by atoms with Crippen molar-refractivity contribution >= 4 is 5.97 Å². The van der Waals surface area contributed by atoms with Crippen molar-refractivity contribution < 1.29 is 9.53 Å². The summed E-state index contributed by atoms with van der Waals surface area (Å²) in [6, 6.07) is 0. The van der Waals surface area contributed by atoms with E-state index in [-0.39, 0.29) is 11.4 Å². The summed E-state index contributed by atoms with van der Waals surface area (Å²) in [5.74, 6) is 1.21. The van der Waals surface area contributed by atoms with Crippen molar-refractivity contribution in [3.8, 4) is 0 Å². The van der Waals surface area contributed by atoms with E-state index >= 15 is 0 Å². The van der Waals surface area contributed by atoms with Gasteiger partial charge in [0.05, 0.1) is 12.5 Å². The third-order valence-electron chi connectivity index (χ3n) is 3.28. The number of esters is 1. The van der Waals surface area contributed by atoms with Crippen LogP contribution in [-0.4, -0.2) is 19.6 Å². The molecule has 2 aliphatic carbocycles. The quantitative estimate of drug-likeness (QED) is 0.627. The molecule has 0 saturated heterocycles. The van der Waals surface area contributed by atoms with Gasteiger partial charge in [0, 0.05) is 6.54 Å². The molecule has 0 heterocycles. The minimum absolute atomic E-state index is 0.0955. The van der Waals surface area contributed by atoms with Crippen LogP contribution in [0.3, 0.4) is 0 Å². The second-order valence-electron chi connectivity index (χ2n) is 4.00. The van der Waals surface area contributed by atoms with Crippen molar-refractivity contribution in [2.75, 3.05) is 13.7 Å². The minimum Gasteiger partial charge on any atom is -0.469 e. The van der Waals surface area contributed by atoms with E-state index in [9.17, 15) is 4.79 Å². The van der Waals surface area contributed by atoms with Gasteiger partial charge in [-0.25, -0.2) is 0 Å². The van der Waals surface area contributed by atoms with E-state index in [0.29, 0.717) is 12.5 Å². The number of rotatable bonds is 3. The topological polar surface area (TPSA) is 52.3 Å². The molecule has 2 fully saturated rings. The first-order valence-electron chi connectivity index (χ1n) is 4.53. The molecule has 0 aliphatic heterocycles. The van der Waals surface area contributed by atoms with Crippen LogP contribution in [0.4, 0.5) is 0 Å². The van der Waals surface area contributed by atoms with Crippen LogP contribution in [0.2, 0.25) is 0 Å². The maximum Gasteiger partial charge on any atom is 0.313 e. The maximum absolute atomic E-state index is 11.4. The number of methoxy groups -OCH3 is 1. The average molecular weight is 169 g/mol. The van der Waals surface area contributed by atoms with E-state index in [1.54, 1.807) is 0 Å². The van der Waals surface area contributed by atoms with Gasteiger partial charge in [-0.3, -0.25) is 4.79 Å². The van der Waals surface area contributed by atoms with Crippen LogP contribution in [0.25, 0.3) is 0 Å². The Morgan fingerprint density at radius 1 is 1.67 bits per heavy atom. The molecule has 2 atom stereocenters. The molecule has 0 aromatic carbocycles. The fourth-order valence-corrected chi connectivity index (χ4v) is 2.21. The Morgan fingerprint density at radius 2 is 2.33 bits per heavy atom. The first-order chi connectivity index (χ1) is 5.74. The van der Waals surface area contributed by atoms with E-state index in [1.165, 1.54) is 20.0 Å². The highest BCUT2D eigenvalue weighted by Crippen LogP contribution is 2.62. The van der Waals surface area contributed by atoms with Crippen LogP contribution >= 0.6 is 0 Å². The molecule has 0 amide bonds. The first kappa shape index (κ1) is 8.05. The standard InChI is InChI=1S/C9H15NO2/c1-12-8(11)9(5-10)4-7(9)6-2-3-6/h6-7H,2-5,10H2,1H3/t7-,9-/m1/s1. The van der Waals surface area contributed by atoms with Gasteiger partial charge in [-0.2, -0.15) is 0 Å². The molecule has 0 unspecified atom stereocenters. The van der Waals surface area contributed by atoms with Gasteiger partial charge < -0.3 is 10.5 Å². The Labute approximate surface area is 72.3 Å². The normalized spacial score (nSPS) is 39.3. The number of carbonyl (C=O) groups is 1. The number of nitrogens with two attached hydrogens (primary N) is 1. The molecule has 0 aromatic rings. The molecule has 12 heavy (non-hydrogen) atoms.